The molecule has 3 N–H and O–H groups in total. The number of hydrogen-bond acceptors (Lipinski definition) is 15. The fraction of sp³-hybridized carbons (Fsp3) is 0.480. The van der Waals surface area contributed by atoms with Gasteiger partial charge in [-0.15, -0.1) is 0 Å². The molecule has 4 fully saturated rings. The Morgan fingerprint density at radius 1 is 1.00 bits per heavy atom. The van der Waals surface area contributed by atoms with E-state index in [1.165, 1.54) is 17.2 Å². The highest BCUT2D eigenvalue weighted by Crippen LogP contribution is 2.54. The van der Waals surface area contributed by atoms with Crippen LogP contribution in [0.5, 0.6) is 11.6 Å². The van der Waals surface area contributed by atoms with Gasteiger partial charge in [-0.25, -0.2) is 13.1 Å². The molecule has 0 radical (unpaired) electrons. The minimum atomic E-state index is -4.70. The number of nitro groups is 1. The van der Waals surface area contributed by atoms with Crippen molar-refractivity contribution in [2.24, 2.45) is 5.41 Å². The molecule has 18 nitrogen and oxygen atoms in total. The number of morpholine rings is 1. The van der Waals surface area contributed by atoms with Gasteiger partial charge in [0.2, 0.25) is 5.88 Å². The number of H-pyrrole nitrogens is 1. The molecule has 1 aliphatic carbocycles. The van der Waals surface area contributed by atoms with Crippen LogP contribution < -0.4 is 29.3 Å². The number of nitrogens with zero attached hydrogens (tertiary/aromatic N) is 5. The SMILES string of the molecule is Cc1ccccc1[C@@H]1COCCN1C1CC2(CCN(c3ccc(C(=O)NS(=O)(=O)c4cc5c(c([N+](=O)[O-])c4)N[C@@H](COC(C)C)CO5)c(N4c5cc6cc[nH]c6nc5O[C@H]5COCC[C@@H]54)c3)CC2)C1. The van der Waals surface area contributed by atoms with Crippen LogP contribution in [0.4, 0.5) is 28.4 Å². The molecule has 0 bridgehead atoms. The van der Waals surface area contributed by atoms with Crippen LogP contribution in [0.2, 0.25) is 0 Å². The first-order valence-corrected chi connectivity index (χ1v) is 25.5. The van der Waals surface area contributed by atoms with Gasteiger partial charge in [0.1, 0.15) is 24.0 Å². The number of rotatable bonds is 11. The van der Waals surface area contributed by atoms with E-state index in [1.807, 2.05) is 38.1 Å². The molecule has 4 atom stereocenters. The lowest BCUT2D eigenvalue weighted by Gasteiger charge is -2.57. The van der Waals surface area contributed by atoms with Gasteiger partial charge in [-0.1, -0.05) is 24.3 Å². The standard InChI is InChI=1S/C50H58N8O10S/c1-30(2)66-26-33-27-67-44-23-36(22-41(58(60)61)46(44)52-33)69(62,63)54-48(59)38-9-8-34(21-40(38)57-39-11-18-64-29-45(39)68-49-42(57)20-32-10-14-51-47(32)53-49)55-15-12-50(13-16-55)24-35(25-50)56-17-19-65-28-43(56)37-7-5-4-6-31(37)3/h4-10,14,20-23,30,33,35,39,43,45,52H,11-13,15-19,24-29H2,1-3H3,(H,51,53)(H,54,59)/t33-,39-,43-,45-/m0/s1. The monoisotopic (exact) mass is 962 g/mol. The molecule has 1 saturated carbocycles. The molecule has 5 aromatic rings. The van der Waals surface area contributed by atoms with Gasteiger partial charge < -0.3 is 43.8 Å². The molecule has 3 aromatic carbocycles. The number of fused-ring (bicyclic) bond motifs is 4. The van der Waals surface area contributed by atoms with Crippen molar-refractivity contribution in [3.05, 3.63) is 99.7 Å². The number of piperidine rings is 1. The number of nitro benzene ring substituents is 1. The second kappa shape index (κ2) is 18.1. The minimum absolute atomic E-state index is 0.0183. The van der Waals surface area contributed by atoms with Crippen molar-refractivity contribution >= 4 is 55.4 Å². The Labute approximate surface area is 400 Å². The zero-order valence-corrected chi connectivity index (χ0v) is 39.8. The van der Waals surface area contributed by atoms with E-state index in [4.69, 9.17) is 28.7 Å². The molecule has 0 unspecified atom stereocenters. The largest absolute Gasteiger partial charge is 0.489 e. The lowest BCUT2D eigenvalue weighted by molar-refractivity contribution is -0.384. The first-order valence-electron chi connectivity index (χ1n) is 24.0. The van der Waals surface area contributed by atoms with Gasteiger partial charge in [0, 0.05) is 61.7 Å². The average Bonchev–Trinajstić information content (AvgIpc) is 3.80. The third kappa shape index (κ3) is 8.61. The van der Waals surface area contributed by atoms with Crippen LogP contribution in [0.1, 0.15) is 73.5 Å². The molecule has 19 heteroatoms. The summed E-state index contributed by atoms with van der Waals surface area (Å²) in [5.41, 5.74) is 5.17. The highest BCUT2D eigenvalue weighted by atomic mass is 32.2. The van der Waals surface area contributed by atoms with Crippen molar-refractivity contribution < 1.29 is 41.8 Å². The Hall–Kier alpha value is -5.99. The highest BCUT2D eigenvalue weighted by molar-refractivity contribution is 7.90. The number of carbonyl (C=O) groups excluding carboxylic acids is 1. The van der Waals surface area contributed by atoms with Crippen LogP contribution in [0, 0.1) is 22.5 Å². The fourth-order valence-corrected chi connectivity index (χ4v) is 12.4. The number of amides is 1. The molecule has 1 spiro atoms. The zero-order chi connectivity index (χ0) is 47.6. The molecule has 3 saturated heterocycles. The van der Waals surface area contributed by atoms with Gasteiger partial charge in [0.25, 0.3) is 21.6 Å². The number of anilines is 4. The lowest BCUT2D eigenvalue weighted by atomic mass is 9.59. The summed E-state index contributed by atoms with van der Waals surface area (Å²) in [7, 11) is -4.70. The lowest BCUT2D eigenvalue weighted by Crippen LogP contribution is -2.58. The van der Waals surface area contributed by atoms with E-state index in [9.17, 15) is 23.3 Å². The number of carbonyl (C=O) groups is 1. The second-order valence-corrected chi connectivity index (χ2v) is 21.3. The van der Waals surface area contributed by atoms with Crippen LogP contribution in [0.25, 0.3) is 11.0 Å². The number of ether oxygens (including phenoxy) is 5. The number of pyridine rings is 1. The maximum Gasteiger partial charge on any atom is 0.297 e. The van der Waals surface area contributed by atoms with Crippen molar-refractivity contribution in [2.45, 2.75) is 94.1 Å². The van der Waals surface area contributed by atoms with E-state index in [-0.39, 0.29) is 53.8 Å². The van der Waals surface area contributed by atoms with Crippen molar-refractivity contribution in [2.75, 3.05) is 74.4 Å². The summed E-state index contributed by atoms with van der Waals surface area (Å²) in [5.74, 6) is -0.562. The van der Waals surface area contributed by atoms with Gasteiger partial charge >= 0.3 is 0 Å². The quantitative estimate of drug-likeness (QED) is 0.0901. The summed E-state index contributed by atoms with van der Waals surface area (Å²) in [6.07, 6.45) is 6.19. The van der Waals surface area contributed by atoms with Crippen LogP contribution in [-0.4, -0.2) is 124 Å². The molecule has 364 valence electrons. The van der Waals surface area contributed by atoms with Crippen LogP contribution >= 0.6 is 0 Å². The first kappa shape index (κ1) is 45.5. The van der Waals surface area contributed by atoms with Crippen molar-refractivity contribution in [3.63, 3.8) is 0 Å². The Kier molecular flexibility index (Phi) is 11.9. The Balaban J connectivity index is 0.892. The smallest absolute Gasteiger partial charge is 0.297 e. The predicted octanol–water partition coefficient (Wildman–Crippen LogP) is 7.01. The van der Waals surface area contributed by atoms with Gasteiger partial charge in [0.05, 0.1) is 71.7 Å². The molecular weight excluding hydrogens is 905 g/mol. The Morgan fingerprint density at radius 2 is 1.81 bits per heavy atom. The van der Waals surface area contributed by atoms with Gasteiger partial charge in [-0.3, -0.25) is 19.8 Å². The molecule has 7 heterocycles. The summed E-state index contributed by atoms with van der Waals surface area (Å²) in [5, 5.41) is 16.3. The molecule has 2 aromatic heterocycles. The minimum Gasteiger partial charge on any atom is -0.489 e. The van der Waals surface area contributed by atoms with E-state index >= 15 is 0 Å². The van der Waals surface area contributed by atoms with E-state index in [2.05, 4.69) is 60.9 Å². The maximum absolute atomic E-state index is 14.7. The number of aromatic amines is 1. The van der Waals surface area contributed by atoms with Crippen molar-refractivity contribution in [3.8, 4) is 11.6 Å². The third-order valence-electron chi connectivity index (χ3n) is 15.0. The molecule has 11 rings (SSSR count). The number of benzene rings is 3. The molecule has 6 aliphatic rings. The number of hydrogen-bond donors (Lipinski definition) is 3. The summed E-state index contributed by atoms with van der Waals surface area (Å²) in [6, 6.07) is 20.3. The average molecular weight is 963 g/mol. The number of sulfonamides is 1. The normalized spacial score (nSPS) is 23.5. The number of aryl methyl sites for hydroxylation is 1. The first-order chi connectivity index (χ1) is 33.3. The summed E-state index contributed by atoms with van der Waals surface area (Å²) in [6.45, 7) is 11.0. The van der Waals surface area contributed by atoms with Crippen molar-refractivity contribution in [1.29, 1.82) is 0 Å². The highest BCUT2D eigenvalue weighted by Gasteiger charge is 2.50. The topological polar surface area (TPSA) is 203 Å². The fourth-order valence-electron chi connectivity index (χ4n) is 11.4. The molecule has 69 heavy (non-hydrogen) atoms. The Bertz CT molecular complexity index is 2900. The van der Waals surface area contributed by atoms with Crippen LogP contribution in [-0.2, 0) is 24.2 Å². The summed E-state index contributed by atoms with van der Waals surface area (Å²) < 4.78 is 60.7. The van der Waals surface area contributed by atoms with Gasteiger partial charge in [-0.2, -0.15) is 4.98 Å². The second-order valence-electron chi connectivity index (χ2n) is 19.7. The van der Waals surface area contributed by atoms with E-state index in [1.54, 1.807) is 12.3 Å². The van der Waals surface area contributed by atoms with Gasteiger partial charge in [0.15, 0.2) is 11.4 Å². The zero-order valence-electron chi connectivity index (χ0n) is 39.0. The molecule has 5 aliphatic heterocycles. The van der Waals surface area contributed by atoms with E-state index in [0.29, 0.717) is 55.2 Å². The predicted molar refractivity (Wildman–Crippen MR) is 258 cm³/mol. The summed E-state index contributed by atoms with van der Waals surface area (Å²) in [4.78, 5) is 41.1. The maximum atomic E-state index is 14.7. The molecule has 1 amide bonds. The van der Waals surface area contributed by atoms with Crippen LogP contribution in [0.3, 0.4) is 0 Å². The summed E-state index contributed by atoms with van der Waals surface area (Å²) >= 11 is 0. The molecular formula is C50H58N8O10S. The number of nitrogens with one attached hydrogen (secondary N) is 3. The van der Waals surface area contributed by atoms with Crippen molar-refractivity contribution in [1.82, 2.24) is 19.6 Å². The van der Waals surface area contributed by atoms with E-state index in [0.717, 1.165) is 69.1 Å². The number of aromatic nitrogens is 2. The Morgan fingerprint density at radius 3 is 2.61 bits per heavy atom. The van der Waals surface area contributed by atoms with Gasteiger partial charge in [-0.05, 0) is 99.7 Å². The van der Waals surface area contributed by atoms with Crippen LogP contribution in [0.15, 0.2) is 77.8 Å². The third-order valence-corrected chi connectivity index (χ3v) is 16.3. The van der Waals surface area contributed by atoms with E-state index < -0.39 is 43.6 Å².